The van der Waals surface area contributed by atoms with Gasteiger partial charge in [0.15, 0.2) is 0 Å². The molecule has 1 amide bonds. The molecule has 0 saturated carbocycles. The van der Waals surface area contributed by atoms with E-state index in [1.54, 1.807) is 19.1 Å². The number of carbonyl (C=O) groups excluding carboxylic acids is 1. The molecule has 1 saturated heterocycles. The Bertz CT molecular complexity index is 480. The van der Waals surface area contributed by atoms with Crippen molar-refractivity contribution in [2.75, 3.05) is 13.1 Å². The lowest BCUT2D eigenvalue weighted by Gasteiger charge is -2.26. The minimum Gasteiger partial charge on any atom is -0.338 e. The first-order valence-electron chi connectivity index (χ1n) is 7.07. The zero-order chi connectivity index (χ0) is 14.0. The summed E-state index contributed by atoms with van der Waals surface area (Å²) in [7, 11) is 0. The fraction of sp³-hybridized carbons (Fsp3) is 0.562. The van der Waals surface area contributed by atoms with Crippen molar-refractivity contribution >= 4 is 5.91 Å². The van der Waals surface area contributed by atoms with Gasteiger partial charge >= 0.3 is 0 Å². The molecule has 0 N–H and O–H groups in total. The van der Waals surface area contributed by atoms with Gasteiger partial charge in [-0.3, -0.25) is 4.79 Å². The topological polar surface area (TPSA) is 20.3 Å². The standard InChI is InChI=1S/C16H22FNO/c1-4-16(5-2)8-9-18(11-16)15(19)13-6-7-14(17)12(3)10-13/h6-7,10H,4-5,8-9,11H2,1-3H3. The van der Waals surface area contributed by atoms with Crippen molar-refractivity contribution in [2.45, 2.75) is 40.0 Å². The van der Waals surface area contributed by atoms with Crippen LogP contribution in [-0.2, 0) is 0 Å². The largest absolute Gasteiger partial charge is 0.338 e. The quantitative estimate of drug-likeness (QED) is 0.812. The van der Waals surface area contributed by atoms with Gasteiger partial charge < -0.3 is 4.90 Å². The highest BCUT2D eigenvalue weighted by molar-refractivity contribution is 5.94. The molecule has 1 aliphatic rings. The molecular formula is C16H22FNO. The van der Waals surface area contributed by atoms with Crippen molar-refractivity contribution in [1.82, 2.24) is 4.90 Å². The molecule has 1 aromatic carbocycles. The zero-order valence-corrected chi connectivity index (χ0v) is 12.0. The average molecular weight is 263 g/mol. The van der Waals surface area contributed by atoms with Crippen LogP contribution in [0.25, 0.3) is 0 Å². The molecule has 1 aliphatic heterocycles. The number of amides is 1. The first-order chi connectivity index (χ1) is 9.01. The molecule has 2 rings (SSSR count). The average Bonchev–Trinajstić information content (AvgIpc) is 2.86. The Kier molecular flexibility index (Phi) is 3.93. The van der Waals surface area contributed by atoms with Crippen molar-refractivity contribution < 1.29 is 9.18 Å². The van der Waals surface area contributed by atoms with Gasteiger partial charge in [0.25, 0.3) is 5.91 Å². The van der Waals surface area contributed by atoms with Crippen LogP contribution >= 0.6 is 0 Å². The molecule has 0 atom stereocenters. The molecule has 2 nitrogen and oxygen atoms in total. The van der Waals surface area contributed by atoms with Gasteiger partial charge in [-0.15, -0.1) is 0 Å². The van der Waals surface area contributed by atoms with E-state index < -0.39 is 0 Å². The highest BCUT2D eigenvalue weighted by Gasteiger charge is 2.37. The van der Waals surface area contributed by atoms with E-state index in [9.17, 15) is 9.18 Å². The van der Waals surface area contributed by atoms with Gasteiger partial charge in [0.2, 0.25) is 0 Å². The molecule has 0 aliphatic carbocycles. The van der Waals surface area contributed by atoms with Gasteiger partial charge in [0, 0.05) is 18.7 Å². The number of carbonyl (C=O) groups is 1. The molecule has 104 valence electrons. The molecule has 3 heteroatoms. The SMILES string of the molecule is CCC1(CC)CCN(C(=O)c2ccc(F)c(C)c2)C1. The van der Waals surface area contributed by atoms with Crippen LogP contribution < -0.4 is 0 Å². The van der Waals surface area contributed by atoms with E-state index in [0.717, 1.165) is 32.4 Å². The Morgan fingerprint density at radius 1 is 1.37 bits per heavy atom. The van der Waals surface area contributed by atoms with E-state index in [2.05, 4.69) is 13.8 Å². The number of nitrogens with zero attached hydrogens (tertiary/aromatic N) is 1. The van der Waals surface area contributed by atoms with Crippen LogP contribution in [0.5, 0.6) is 0 Å². The molecule has 0 bridgehead atoms. The molecule has 0 radical (unpaired) electrons. The Labute approximate surface area is 114 Å². The monoisotopic (exact) mass is 263 g/mol. The summed E-state index contributed by atoms with van der Waals surface area (Å²) in [5.41, 5.74) is 1.41. The van der Waals surface area contributed by atoms with E-state index in [-0.39, 0.29) is 17.1 Å². The third-order valence-electron chi connectivity index (χ3n) is 4.63. The van der Waals surface area contributed by atoms with E-state index in [0.29, 0.717) is 11.1 Å². The summed E-state index contributed by atoms with van der Waals surface area (Å²) in [6, 6.07) is 4.61. The Morgan fingerprint density at radius 3 is 2.58 bits per heavy atom. The third kappa shape index (κ3) is 2.65. The minimum atomic E-state index is -0.255. The van der Waals surface area contributed by atoms with Crippen LogP contribution in [0.4, 0.5) is 4.39 Å². The predicted molar refractivity (Wildman–Crippen MR) is 74.7 cm³/mol. The normalized spacial score (nSPS) is 17.8. The first kappa shape index (κ1) is 14.0. The maximum Gasteiger partial charge on any atom is 0.253 e. The Balaban J connectivity index is 2.15. The fourth-order valence-electron chi connectivity index (χ4n) is 2.90. The van der Waals surface area contributed by atoms with E-state index in [1.165, 1.54) is 6.07 Å². The van der Waals surface area contributed by atoms with Crippen molar-refractivity contribution in [2.24, 2.45) is 5.41 Å². The number of benzene rings is 1. The van der Waals surface area contributed by atoms with E-state index in [1.807, 2.05) is 4.90 Å². The second-order valence-electron chi connectivity index (χ2n) is 5.65. The highest BCUT2D eigenvalue weighted by Crippen LogP contribution is 2.37. The van der Waals surface area contributed by atoms with Crippen molar-refractivity contribution in [3.63, 3.8) is 0 Å². The van der Waals surface area contributed by atoms with Gasteiger partial charge in [-0.25, -0.2) is 4.39 Å². The maximum absolute atomic E-state index is 13.2. The van der Waals surface area contributed by atoms with E-state index in [4.69, 9.17) is 0 Å². The lowest BCUT2D eigenvalue weighted by atomic mass is 9.82. The van der Waals surface area contributed by atoms with Crippen LogP contribution in [0.1, 0.15) is 49.0 Å². The van der Waals surface area contributed by atoms with Gasteiger partial charge in [0.05, 0.1) is 0 Å². The summed E-state index contributed by atoms with van der Waals surface area (Å²) in [5.74, 6) is -0.221. The molecule has 1 heterocycles. The molecule has 1 fully saturated rings. The number of rotatable bonds is 3. The summed E-state index contributed by atoms with van der Waals surface area (Å²) >= 11 is 0. The molecular weight excluding hydrogens is 241 g/mol. The van der Waals surface area contributed by atoms with Crippen LogP contribution in [-0.4, -0.2) is 23.9 Å². The summed E-state index contributed by atoms with van der Waals surface area (Å²) in [5, 5.41) is 0. The first-order valence-corrected chi connectivity index (χ1v) is 7.07. The van der Waals surface area contributed by atoms with Crippen LogP contribution in [0.15, 0.2) is 18.2 Å². The number of hydrogen-bond donors (Lipinski definition) is 0. The zero-order valence-electron chi connectivity index (χ0n) is 12.0. The maximum atomic E-state index is 13.2. The van der Waals surface area contributed by atoms with Crippen molar-refractivity contribution in [3.05, 3.63) is 35.1 Å². The molecule has 0 spiro atoms. The summed E-state index contributed by atoms with van der Waals surface area (Å²) < 4.78 is 13.2. The number of hydrogen-bond acceptors (Lipinski definition) is 1. The van der Waals surface area contributed by atoms with Gasteiger partial charge in [-0.1, -0.05) is 13.8 Å². The van der Waals surface area contributed by atoms with Crippen LogP contribution in [0.3, 0.4) is 0 Å². The third-order valence-corrected chi connectivity index (χ3v) is 4.63. The molecule has 0 unspecified atom stereocenters. The second kappa shape index (κ2) is 5.32. The number of likely N-dealkylation sites (tertiary alicyclic amines) is 1. The van der Waals surface area contributed by atoms with Crippen LogP contribution in [0.2, 0.25) is 0 Å². The van der Waals surface area contributed by atoms with Gasteiger partial charge in [-0.2, -0.15) is 0 Å². The predicted octanol–water partition coefficient (Wildman–Crippen LogP) is 3.79. The summed E-state index contributed by atoms with van der Waals surface area (Å²) in [4.78, 5) is 14.3. The Hall–Kier alpha value is -1.38. The smallest absolute Gasteiger partial charge is 0.253 e. The van der Waals surface area contributed by atoms with Gasteiger partial charge in [-0.05, 0) is 55.4 Å². The van der Waals surface area contributed by atoms with Crippen molar-refractivity contribution in [3.8, 4) is 0 Å². The number of aryl methyl sites for hydroxylation is 1. The van der Waals surface area contributed by atoms with Crippen LogP contribution in [0, 0.1) is 18.2 Å². The lowest BCUT2D eigenvalue weighted by Crippen LogP contribution is -2.31. The second-order valence-corrected chi connectivity index (χ2v) is 5.65. The highest BCUT2D eigenvalue weighted by atomic mass is 19.1. The minimum absolute atomic E-state index is 0.0341. The number of halogens is 1. The fourth-order valence-corrected chi connectivity index (χ4v) is 2.90. The lowest BCUT2D eigenvalue weighted by molar-refractivity contribution is 0.0769. The van der Waals surface area contributed by atoms with E-state index >= 15 is 0 Å². The van der Waals surface area contributed by atoms with Gasteiger partial charge in [0.1, 0.15) is 5.82 Å². The molecule has 1 aromatic rings. The Morgan fingerprint density at radius 2 is 2.05 bits per heavy atom. The molecule has 0 aromatic heterocycles. The summed E-state index contributed by atoms with van der Waals surface area (Å²) in [6.45, 7) is 7.73. The summed E-state index contributed by atoms with van der Waals surface area (Å²) in [6.07, 6.45) is 3.29. The van der Waals surface area contributed by atoms with Crippen molar-refractivity contribution in [1.29, 1.82) is 0 Å². The molecule has 19 heavy (non-hydrogen) atoms.